The molecule has 0 unspecified atom stereocenters. The summed E-state index contributed by atoms with van der Waals surface area (Å²) in [7, 11) is 0. The molecule has 3 rings (SSSR count). The molecule has 0 saturated heterocycles. The summed E-state index contributed by atoms with van der Waals surface area (Å²) in [5.74, 6) is 10.1. The molecule has 0 aromatic heterocycles. The van der Waals surface area contributed by atoms with E-state index in [4.69, 9.17) is 0 Å². The molecule has 0 radical (unpaired) electrons. The van der Waals surface area contributed by atoms with Gasteiger partial charge < -0.3 is 4.74 Å². The summed E-state index contributed by atoms with van der Waals surface area (Å²) in [4.78, 5) is 0. The number of halogens is 4. The van der Waals surface area contributed by atoms with Crippen LogP contribution in [0.3, 0.4) is 0 Å². The molecule has 0 atom stereocenters. The Balaban J connectivity index is 1.62. The maximum atomic E-state index is 14.0. The molecule has 5 heteroatoms. The summed E-state index contributed by atoms with van der Waals surface area (Å²) in [5, 5.41) is 0. The van der Waals surface area contributed by atoms with Crippen LogP contribution >= 0.6 is 0 Å². The lowest BCUT2D eigenvalue weighted by Crippen LogP contribution is -2.17. The van der Waals surface area contributed by atoms with Gasteiger partial charge in [0, 0.05) is 22.8 Å². The minimum atomic E-state index is -4.87. The molecule has 3 aromatic carbocycles. The van der Waals surface area contributed by atoms with Crippen molar-refractivity contribution in [2.24, 2.45) is 0 Å². The molecule has 33 heavy (non-hydrogen) atoms. The smallest absolute Gasteiger partial charge is 0.406 e. The lowest BCUT2D eigenvalue weighted by molar-refractivity contribution is -0.274. The van der Waals surface area contributed by atoms with Gasteiger partial charge in [-0.3, -0.25) is 0 Å². The van der Waals surface area contributed by atoms with Crippen LogP contribution in [0.2, 0.25) is 0 Å². The van der Waals surface area contributed by atoms with Crippen molar-refractivity contribution in [1.82, 2.24) is 0 Å². The fraction of sp³-hybridized carbons (Fsp3) is 0.214. The molecule has 0 amide bonds. The van der Waals surface area contributed by atoms with Crippen molar-refractivity contribution in [3.8, 4) is 29.4 Å². The number of aryl methyl sites for hydroxylation is 1. The Morgan fingerprint density at radius 2 is 1.27 bits per heavy atom. The zero-order valence-electron chi connectivity index (χ0n) is 18.1. The second kappa shape index (κ2) is 11.2. The molecule has 0 fully saturated rings. The van der Waals surface area contributed by atoms with Crippen LogP contribution in [-0.2, 0) is 6.42 Å². The Morgan fingerprint density at radius 3 is 1.79 bits per heavy atom. The first-order chi connectivity index (χ1) is 15.8. The number of hydrogen-bond acceptors (Lipinski definition) is 1. The van der Waals surface area contributed by atoms with Crippen LogP contribution < -0.4 is 4.74 Å². The first-order valence-corrected chi connectivity index (χ1v) is 10.6. The SMILES string of the molecule is CCCCCc1ccc(C#Cc2ccc(C#Cc3ccc(OC(F)(F)F)cc3F)cc2)cc1. The second-order valence-electron chi connectivity index (χ2n) is 7.42. The van der Waals surface area contributed by atoms with Gasteiger partial charge in [0.1, 0.15) is 11.6 Å². The minimum Gasteiger partial charge on any atom is -0.406 e. The quantitative estimate of drug-likeness (QED) is 0.226. The van der Waals surface area contributed by atoms with Crippen molar-refractivity contribution in [3.05, 3.63) is 100 Å². The van der Waals surface area contributed by atoms with E-state index in [0.717, 1.165) is 29.7 Å². The monoisotopic (exact) mass is 450 g/mol. The highest BCUT2D eigenvalue weighted by Crippen LogP contribution is 2.24. The minimum absolute atomic E-state index is 0.0217. The normalized spacial score (nSPS) is 10.6. The maximum Gasteiger partial charge on any atom is 0.573 e. The van der Waals surface area contributed by atoms with Crippen molar-refractivity contribution in [2.45, 2.75) is 39.0 Å². The van der Waals surface area contributed by atoms with Crippen LogP contribution in [0.25, 0.3) is 0 Å². The molecule has 3 aromatic rings. The van der Waals surface area contributed by atoms with Gasteiger partial charge in [0.05, 0.1) is 5.56 Å². The molecular weight excluding hydrogens is 428 g/mol. The Morgan fingerprint density at radius 1 is 0.727 bits per heavy atom. The van der Waals surface area contributed by atoms with Gasteiger partial charge in [-0.05, 0) is 66.9 Å². The third-order valence-corrected chi connectivity index (χ3v) is 4.77. The van der Waals surface area contributed by atoms with Gasteiger partial charge in [-0.1, -0.05) is 55.6 Å². The van der Waals surface area contributed by atoms with Crippen molar-refractivity contribution in [2.75, 3.05) is 0 Å². The van der Waals surface area contributed by atoms with Crippen LogP contribution in [0.5, 0.6) is 5.75 Å². The molecule has 1 nitrogen and oxygen atoms in total. The molecule has 168 valence electrons. The van der Waals surface area contributed by atoms with E-state index in [1.807, 2.05) is 24.3 Å². The fourth-order valence-corrected chi connectivity index (χ4v) is 3.05. The molecule has 0 aliphatic carbocycles. The summed E-state index contributed by atoms with van der Waals surface area (Å²) in [5.41, 5.74) is 3.67. The number of unbranched alkanes of at least 4 members (excludes halogenated alkanes) is 2. The molecule has 0 aliphatic heterocycles. The van der Waals surface area contributed by atoms with Gasteiger partial charge in [0.2, 0.25) is 0 Å². The van der Waals surface area contributed by atoms with Crippen LogP contribution in [0, 0.1) is 29.5 Å². The molecule has 0 saturated carbocycles. The lowest BCUT2D eigenvalue weighted by atomic mass is 10.1. The highest BCUT2D eigenvalue weighted by Gasteiger charge is 2.31. The number of ether oxygens (including phenoxy) is 1. The van der Waals surface area contributed by atoms with Crippen molar-refractivity contribution < 1.29 is 22.3 Å². The van der Waals surface area contributed by atoms with E-state index in [0.29, 0.717) is 11.6 Å². The zero-order chi connectivity index (χ0) is 23.7. The van der Waals surface area contributed by atoms with E-state index in [-0.39, 0.29) is 5.56 Å². The number of benzene rings is 3. The van der Waals surface area contributed by atoms with Crippen LogP contribution in [0.1, 0.15) is 54.0 Å². The average molecular weight is 450 g/mol. The van der Waals surface area contributed by atoms with Crippen LogP contribution in [-0.4, -0.2) is 6.36 Å². The van der Waals surface area contributed by atoms with Gasteiger partial charge in [0.25, 0.3) is 0 Å². The first kappa shape index (κ1) is 24.0. The van der Waals surface area contributed by atoms with Gasteiger partial charge in [0.15, 0.2) is 0 Å². The van der Waals surface area contributed by atoms with Crippen molar-refractivity contribution >= 4 is 0 Å². The molecule has 0 bridgehead atoms. The van der Waals surface area contributed by atoms with Crippen LogP contribution in [0.15, 0.2) is 66.7 Å². The number of alkyl halides is 3. The Kier molecular flexibility index (Phi) is 8.17. The van der Waals surface area contributed by atoms with Gasteiger partial charge in [-0.25, -0.2) is 4.39 Å². The Hall–Kier alpha value is -3.70. The predicted molar refractivity (Wildman–Crippen MR) is 121 cm³/mol. The molecule has 0 aliphatic rings. The third kappa shape index (κ3) is 8.05. The van der Waals surface area contributed by atoms with Crippen LogP contribution in [0.4, 0.5) is 17.6 Å². The maximum absolute atomic E-state index is 14.0. The molecular formula is C28H22F4O. The highest BCUT2D eigenvalue weighted by atomic mass is 19.4. The topological polar surface area (TPSA) is 9.23 Å². The average Bonchev–Trinajstić information content (AvgIpc) is 2.78. The van der Waals surface area contributed by atoms with E-state index in [1.54, 1.807) is 12.1 Å². The van der Waals surface area contributed by atoms with Gasteiger partial charge >= 0.3 is 6.36 Å². The zero-order valence-corrected chi connectivity index (χ0v) is 18.1. The van der Waals surface area contributed by atoms with Gasteiger partial charge in [-0.15, -0.1) is 13.2 Å². The van der Waals surface area contributed by atoms with Crippen molar-refractivity contribution in [1.29, 1.82) is 0 Å². The van der Waals surface area contributed by atoms with E-state index >= 15 is 0 Å². The van der Waals surface area contributed by atoms with Crippen molar-refractivity contribution in [3.63, 3.8) is 0 Å². The first-order valence-electron chi connectivity index (χ1n) is 10.6. The Bertz CT molecular complexity index is 1190. The number of hydrogen-bond donors (Lipinski definition) is 0. The summed E-state index contributed by atoms with van der Waals surface area (Å²) < 4.78 is 54.3. The third-order valence-electron chi connectivity index (χ3n) is 4.77. The van der Waals surface area contributed by atoms with E-state index in [1.165, 1.54) is 24.8 Å². The van der Waals surface area contributed by atoms with E-state index in [9.17, 15) is 17.6 Å². The molecule has 0 N–H and O–H groups in total. The largest absolute Gasteiger partial charge is 0.573 e. The lowest BCUT2D eigenvalue weighted by Gasteiger charge is -2.08. The molecule has 0 heterocycles. The van der Waals surface area contributed by atoms with E-state index < -0.39 is 17.9 Å². The fourth-order valence-electron chi connectivity index (χ4n) is 3.05. The summed E-state index contributed by atoms with van der Waals surface area (Å²) in [6.45, 7) is 2.19. The van der Waals surface area contributed by atoms with Gasteiger partial charge in [-0.2, -0.15) is 0 Å². The molecule has 0 spiro atoms. The summed E-state index contributed by atoms with van der Waals surface area (Å²) >= 11 is 0. The second-order valence-corrected chi connectivity index (χ2v) is 7.42. The summed E-state index contributed by atoms with van der Waals surface area (Å²) in [6, 6.07) is 18.2. The standard InChI is InChI=1S/C28H22F4O/c1-2-3-4-5-21-6-8-22(9-7-21)10-11-23-12-14-24(15-13-23)16-17-25-18-19-26(20-27(25)29)33-28(30,31)32/h6-9,12-15,18-20H,2-5H2,1H3. The summed E-state index contributed by atoms with van der Waals surface area (Å²) in [6.07, 6.45) is -0.151. The predicted octanol–water partition coefficient (Wildman–Crippen LogP) is 7.26. The van der Waals surface area contributed by atoms with E-state index in [2.05, 4.69) is 47.5 Å². The highest BCUT2D eigenvalue weighted by molar-refractivity contribution is 5.49. The number of rotatable bonds is 5. The Labute approximate surface area is 191 Å².